The summed E-state index contributed by atoms with van der Waals surface area (Å²) in [6.07, 6.45) is 0.734. The summed E-state index contributed by atoms with van der Waals surface area (Å²) in [5.74, 6) is -1.76. The quantitative estimate of drug-likeness (QED) is 0.548. The largest absolute Gasteiger partial charge is 0.434 e. The van der Waals surface area contributed by atoms with Crippen LogP contribution in [0.4, 0.5) is 13.6 Å². The van der Waals surface area contributed by atoms with Gasteiger partial charge in [0, 0.05) is 6.54 Å². The Hall–Kier alpha value is -2.91. The molecule has 0 spiro atoms. The van der Waals surface area contributed by atoms with Crippen molar-refractivity contribution in [3.8, 4) is 5.75 Å². The van der Waals surface area contributed by atoms with Crippen LogP contribution in [0.3, 0.4) is 0 Å². The molecule has 8 nitrogen and oxygen atoms in total. The van der Waals surface area contributed by atoms with E-state index >= 15 is 0 Å². The number of carbonyl (C=O) groups excluding carboxylic acids is 3. The van der Waals surface area contributed by atoms with Gasteiger partial charge in [-0.2, -0.15) is 8.78 Å². The van der Waals surface area contributed by atoms with Gasteiger partial charge in [0.1, 0.15) is 5.75 Å². The van der Waals surface area contributed by atoms with Crippen molar-refractivity contribution in [3.63, 3.8) is 0 Å². The fourth-order valence-corrected chi connectivity index (χ4v) is 1.56. The lowest BCUT2D eigenvalue weighted by molar-refractivity contribution is -0.120. The minimum Gasteiger partial charge on any atom is -0.434 e. The van der Waals surface area contributed by atoms with Crippen LogP contribution in [0.15, 0.2) is 24.3 Å². The molecule has 4 N–H and O–H groups in total. The van der Waals surface area contributed by atoms with E-state index in [4.69, 9.17) is 0 Å². The van der Waals surface area contributed by atoms with Gasteiger partial charge in [0.2, 0.25) is 0 Å². The number of hydrazine groups is 1. The molecule has 0 saturated heterocycles. The fourth-order valence-electron chi connectivity index (χ4n) is 1.56. The predicted molar refractivity (Wildman–Crippen MR) is 80.4 cm³/mol. The number of hydrogen-bond donors (Lipinski definition) is 4. The molecule has 0 bridgehead atoms. The second-order valence-corrected chi connectivity index (χ2v) is 4.49. The molecule has 24 heavy (non-hydrogen) atoms. The number of nitrogens with one attached hydrogen (secondary N) is 4. The summed E-state index contributed by atoms with van der Waals surface area (Å²) in [7, 11) is 0. The first-order valence-electron chi connectivity index (χ1n) is 7.08. The van der Waals surface area contributed by atoms with Crippen molar-refractivity contribution in [2.45, 2.75) is 20.0 Å². The Kier molecular flexibility index (Phi) is 7.96. The van der Waals surface area contributed by atoms with E-state index < -0.39 is 31.0 Å². The average Bonchev–Trinajstić information content (AvgIpc) is 2.55. The Morgan fingerprint density at radius 2 is 1.83 bits per heavy atom. The molecule has 4 amide bonds. The van der Waals surface area contributed by atoms with Crippen molar-refractivity contribution in [2.75, 3.05) is 13.1 Å². The first kappa shape index (κ1) is 19.1. The van der Waals surface area contributed by atoms with Crippen LogP contribution in [0, 0.1) is 0 Å². The molecule has 0 heterocycles. The number of alkyl halides is 2. The van der Waals surface area contributed by atoms with Crippen LogP contribution in [0.25, 0.3) is 0 Å². The molecule has 1 aromatic carbocycles. The minimum absolute atomic E-state index is 0.140. The molecule has 10 heteroatoms. The Balaban J connectivity index is 2.46. The van der Waals surface area contributed by atoms with E-state index in [9.17, 15) is 23.2 Å². The summed E-state index contributed by atoms with van der Waals surface area (Å²) >= 11 is 0. The normalized spacial score (nSPS) is 10.0. The third kappa shape index (κ3) is 6.90. The lowest BCUT2D eigenvalue weighted by Crippen LogP contribution is -2.50. The zero-order valence-corrected chi connectivity index (χ0v) is 12.9. The van der Waals surface area contributed by atoms with Gasteiger partial charge in [-0.05, 0) is 18.6 Å². The molecule has 0 aliphatic rings. The van der Waals surface area contributed by atoms with Gasteiger partial charge in [0.05, 0.1) is 12.1 Å². The standard InChI is InChI=1S/C14H18F2N4O4/c1-2-7-17-14(23)20-19-11(21)8-18-12(22)9-5-3-4-6-10(9)24-13(15)16/h3-6,13H,2,7-8H2,1H3,(H,18,22)(H,19,21)(H2,17,20,23). The number of urea groups is 1. The van der Waals surface area contributed by atoms with Crippen LogP contribution in [0.2, 0.25) is 0 Å². The zero-order valence-electron chi connectivity index (χ0n) is 12.9. The van der Waals surface area contributed by atoms with Crippen molar-refractivity contribution in [1.29, 1.82) is 0 Å². The molecule has 0 aliphatic heterocycles. The number of carbonyl (C=O) groups is 3. The highest BCUT2D eigenvalue weighted by molar-refractivity contribution is 5.98. The van der Waals surface area contributed by atoms with Gasteiger partial charge >= 0.3 is 12.6 Å². The van der Waals surface area contributed by atoms with E-state index in [1.54, 1.807) is 0 Å². The maximum Gasteiger partial charge on any atom is 0.387 e. The Bertz CT molecular complexity index is 584. The van der Waals surface area contributed by atoms with Crippen LogP contribution in [0.5, 0.6) is 5.75 Å². The zero-order chi connectivity index (χ0) is 17.9. The minimum atomic E-state index is -3.08. The van der Waals surface area contributed by atoms with E-state index in [-0.39, 0.29) is 11.3 Å². The van der Waals surface area contributed by atoms with Gasteiger partial charge in [-0.1, -0.05) is 19.1 Å². The van der Waals surface area contributed by atoms with Crippen LogP contribution in [-0.2, 0) is 4.79 Å². The Labute approximate surface area is 136 Å². The highest BCUT2D eigenvalue weighted by atomic mass is 19.3. The highest BCUT2D eigenvalue weighted by Gasteiger charge is 2.16. The van der Waals surface area contributed by atoms with Crippen LogP contribution < -0.4 is 26.2 Å². The summed E-state index contributed by atoms with van der Waals surface area (Å²) in [4.78, 5) is 34.6. The second-order valence-electron chi connectivity index (χ2n) is 4.49. The van der Waals surface area contributed by atoms with Gasteiger partial charge in [0.15, 0.2) is 0 Å². The molecule has 1 rings (SSSR count). The molecule has 0 aromatic heterocycles. The lowest BCUT2D eigenvalue weighted by Gasteiger charge is -2.11. The third-order valence-electron chi connectivity index (χ3n) is 2.61. The van der Waals surface area contributed by atoms with E-state index in [1.165, 1.54) is 24.3 Å². The summed E-state index contributed by atoms with van der Waals surface area (Å²) in [6, 6.07) is 4.79. The van der Waals surface area contributed by atoms with Crippen LogP contribution in [-0.4, -0.2) is 37.5 Å². The maximum atomic E-state index is 12.3. The second kappa shape index (κ2) is 9.98. The van der Waals surface area contributed by atoms with E-state index in [2.05, 4.69) is 26.2 Å². The van der Waals surface area contributed by atoms with Crippen LogP contribution >= 0.6 is 0 Å². The number of para-hydroxylation sites is 1. The smallest absolute Gasteiger partial charge is 0.387 e. The number of rotatable bonds is 7. The van der Waals surface area contributed by atoms with E-state index in [0.717, 1.165) is 6.42 Å². The first-order valence-corrected chi connectivity index (χ1v) is 7.08. The van der Waals surface area contributed by atoms with Crippen LogP contribution in [0.1, 0.15) is 23.7 Å². The number of ether oxygens (including phenoxy) is 1. The van der Waals surface area contributed by atoms with E-state index in [1.807, 2.05) is 6.92 Å². The summed E-state index contributed by atoms with van der Waals surface area (Å²) in [6.45, 7) is -1.23. The summed E-state index contributed by atoms with van der Waals surface area (Å²) in [5, 5.41) is 4.70. The number of hydrogen-bond acceptors (Lipinski definition) is 4. The molecule has 0 unspecified atom stereocenters. The number of benzene rings is 1. The molecule has 0 fully saturated rings. The van der Waals surface area contributed by atoms with E-state index in [0.29, 0.717) is 6.54 Å². The van der Waals surface area contributed by atoms with Gasteiger partial charge in [0.25, 0.3) is 11.8 Å². The van der Waals surface area contributed by atoms with Crippen molar-refractivity contribution in [3.05, 3.63) is 29.8 Å². The summed E-state index contributed by atoms with van der Waals surface area (Å²) in [5.41, 5.74) is 4.03. The van der Waals surface area contributed by atoms with Gasteiger partial charge in [-0.15, -0.1) is 0 Å². The third-order valence-corrected chi connectivity index (χ3v) is 2.61. The predicted octanol–water partition coefficient (Wildman–Crippen LogP) is 0.758. The summed E-state index contributed by atoms with van der Waals surface area (Å²) < 4.78 is 28.8. The van der Waals surface area contributed by atoms with Gasteiger partial charge in [-0.3, -0.25) is 15.0 Å². The maximum absolute atomic E-state index is 12.3. The van der Waals surface area contributed by atoms with Crippen molar-refractivity contribution in [2.24, 2.45) is 0 Å². The molecular formula is C14H18F2N4O4. The highest BCUT2D eigenvalue weighted by Crippen LogP contribution is 2.19. The molecule has 0 aliphatic carbocycles. The topological polar surface area (TPSA) is 109 Å². The average molecular weight is 344 g/mol. The molecule has 0 saturated carbocycles. The Morgan fingerprint density at radius 3 is 2.50 bits per heavy atom. The molecule has 0 atom stereocenters. The van der Waals surface area contributed by atoms with Gasteiger partial charge < -0.3 is 15.4 Å². The Morgan fingerprint density at radius 1 is 1.12 bits per heavy atom. The molecule has 132 valence electrons. The number of halogens is 2. The first-order chi connectivity index (χ1) is 11.4. The lowest BCUT2D eigenvalue weighted by atomic mass is 10.2. The molecule has 1 aromatic rings. The monoisotopic (exact) mass is 344 g/mol. The molecule has 0 radical (unpaired) electrons. The van der Waals surface area contributed by atoms with Crippen molar-refractivity contribution in [1.82, 2.24) is 21.5 Å². The molecular weight excluding hydrogens is 326 g/mol. The van der Waals surface area contributed by atoms with Gasteiger partial charge in [-0.25, -0.2) is 10.2 Å². The number of amides is 4. The van der Waals surface area contributed by atoms with Crippen molar-refractivity contribution >= 4 is 17.8 Å². The SMILES string of the molecule is CCCNC(=O)NNC(=O)CNC(=O)c1ccccc1OC(F)F. The fraction of sp³-hybridized carbons (Fsp3) is 0.357. The van der Waals surface area contributed by atoms with Crippen molar-refractivity contribution < 1.29 is 27.9 Å².